The molecule has 2 rings (SSSR count). The minimum absolute atomic E-state index is 0.0481. The average molecular weight is 350 g/mol. The van der Waals surface area contributed by atoms with Crippen LogP contribution >= 0.6 is 0 Å². The maximum absolute atomic E-state index is 12.2. The number of hydrogen-bond acceptors (Lipinski definition) is 5. The molecular formula is C17H26N4O4. The molecule has 1 atom stereocenters. The van der Waals surface area contributed by atoms with Crippen molar-refractivity contribution in [3.63, 3.8) is 0 Å². The summed E-state index contributed by atoms with van der Waals surface area (Å²) in [7, 11) is 0. The lowest BCUT2D eigenvalue weighted by molar-refractivity contribution is -0.125. The number of imide groups is 1. The number of rotatable bonds is 5. The molecule has 1 fully saturated rings. The smallest absolute Gasteiger partial charge is 0.321 e. The average Bonchev–Trinajstić information content (AvgIpc) is 3.01. The highest BCUT2D eigenvalue weighted by atomic mass is 16.3. The molecule has 1 unspecified atom stereocenters. The van der Waals surface area contributed by atoms with Gasteiger partial charge in [-0.15, -0.1) is 0 Å². The first-order valence-electron chi connectivity index (χ1n) is 8.60. The molecule has 1 aliphatic heterocycles. The summed E-state index contributed by atoms with van der Waals surface area (Å²) >= 11 is 0. The third-order valence-electron chi connectivity index (χ3n) is 4.43. The molecule has 8 nitrogen and oxygen atoms in total. The second-order valence-electron chi connectivity index (χ2n) is 6.24. The number of nitrogens with zero attached hydrogens (tertiary/aromatic N) is 1. The summed E-state index contributed by atoms with van der Waals surface area (Å²) in [5.41, 5.74) is 0.811. The number of likely N-dealkylation sites (tertiary alicyclic amines) is 1. The topological polar surface area (TPSA) is 104 Å². The lowest BCUT2D eigenvalue weighted by Gasteiger charge is -2.35. The summed E-state index contributed by atoms with van der Waals surface area (Å²) in [5, 5.41) is 7.84. The standard InChI is InChI=1S/C17H26N4O4/c1-4-18-17(24)20-15(22)12(3)21-8-5-13(6-9-21)19-16(23)14-11(2)7-10-25-14/h7,10,12-13H,4-6,8-9H2,1-3H3,(H,19,23)(H2,18,20,22,24). The molecule has 8 heteroatoms. The summed E-state index contributed by atoms with van der Waals surface area (Å²) in [6.45, 7) is 7.21. The van der Waals surface area contributed by atoms with Crippen molar-refractivity contribution in [2.45, 2.75) is 45.7 Å². The number of carbonyl (C=O) groups is 3. The fourth-order valence-electron chi connectivity index (χ4n) is 2.87. The molecule has 1 aliphatic rings. The van der Waals surface area contributed by atoms with Crippen molar-refractivity contribution in [1.29, 1.82) is 0 Å². The largest absolute Gasteiger partial charge is 0.459 e. The van der Waals surface area contributed by atoms with Gasteiger partial charge in [0.05, 0.1) is 12.3 Å². The Hall–Kier alpha value is -2.35. The van der Waals surface area contributed by atoms with Crippen LogP contribution in [0.4, 0.5) is 4.79 Å². The van der Waals surface area contributed by atoms with Crippen LogP contribution in [-0.4, -0.2) is 54.5 Å². The summed E-state index contributed by atoms with van der Waals surface area (Å²) in [5.74, 6) is -0.181. The predicted octanol–water partition coefficient (Wildman–Crippen LogP) is 1.02. The van der Waals surface area contributed by atoms with E-state index in [0.29, 0.717) is 25.4 Å². The van der Waals surface area contributed by atoms with Crippen molar-refractivity contribution >= 4 is 17.8 Å². The van der Waals surface area contributed by atoms with Crippen molar-refractivity contribution < 1.29 is 18.8 Å². The molecular weight excluding hydrogens is 324 g/mol. The number of piperidine rings is 1. The monoisotopic (exact) mass is 350 g/mol. The van der Waals surface area contributed by atoms with Gasteiger partial charge in [0, 0.05) is 31.2 Å². The lowest BCUT2D eigenvalue weighted by Crippen LogP contribution is -2.53. The highest BCUT2D eigenvalue weighted by Crippen LogP contribution is 2.15. The molecule has 1 saturated heterocycles. The van der Waals surface area contributed by atoms with Crippen LogP contribution in [0.15, 0.2) is 16.7 Å². The molecule has 25 heavy (non-hydrogen) atoms. The fourth-order valence-corrected chi connectivity index (χ4v) is 2.87. The number of urea groups is 1. The second kappa shape index (κ2) is 8.66. The Labute approximate surface area is 147 Å². The number of hydrogen-bond donors (Lipinski definition) is 3. The highest BCUT2D eigenvalue weighted by Gasteiger charge is 2.28. The van der Waals surface area contributed by atoms with Gasteiger partial charge in [-0.05, 0) is 39.7 Å². The number of nitrogens with one attached hydrogen (secondary N) is 3. The Balaban J connectivity index is 1.79. The highest BCUT2D eigenvalue weighted by molar-refractivity contribution is 5.96. The molecule has 2 heterocycles. The van der Waals surface area contributed by atoms with Gasteiger partial charge >= 0.3 is 6.03 Å². The van der Waals surface area contributed by atoms with Gasteiger partial charge in [0.15, 0.2) is 5.76 Å². The summed E-state index contributed by atoms with van der Waals surface area (Å²) < 4.78 is 5.20. The maximum atomic E-state index is 12.2. The summed E-state index contributed by atoms with van der Waals surface area (Å²) in [4.78, 5) is 37.7. The van der Waals surface area contributed by atoms with Gasteiger partial charge in [-0.2, -0.15) is 0 Å². The van der Waals surface area contributed by atoms with Crippen LogP contribution in [-0.2, 0) is 4.79 Å². The minimum atomic E-state index is -0.477. The molecule has 0 bridgehead atoms. The van der Waals surface area contributed by atoms with E-state index in [-0.39, 0.29) is 17.9 Å². The molecule has 0 aromatic carbocycles. The zero-order chi connectivity index (χ0) is 18.4. The molecule has 0 saturated carbocycles. The second-order valence-corrected chi connectivity index (χ2v) is 6.24. The quantitative estimate of drug-likeness (QED) is 0.735. The molecule has 0 radical (unpaired) electrons. The van der Waals surface area contributed by atoms with Crippen LogP contribution in [0.25, 0.3) is 0 Å². The zero-order valence-electron chi connectivity index (χ0n) is 14.9. The van der Waals surface area contributed by atoms with E-state index in [0.717, 1.165) is 18.4 Å². The number of amides is 4. The summed E-state index contributed by atoms with van der Waals surface area (Å²) in [6.07, 6.45) is 2.98. The van der Waals surface area contributed by atoms with Gasteiger partial charge in [-0.3, -0.25) is 19.8 Å². The van der Waals surface area contributed by atoms with Crippen LogP contribution in [0.5, 0.6) is 0 Å². The lowest BCUT2D eigenvalue weighted by atomic mass is 10.0. The molecule has 1 aromatic rings. The van der Waals surface area contributed by atoms with Crippen molar-refractivity contribution in [1.82, 2.24) is 20.9 Å². The van der Waals surface area contributed by atoms with E-state index < -0.39 is 12.1 Å². The number of aryl methyl sites for hydroxylation is 1. The van der Waals surface area contributed by atoms with E-state index in [1.54, 1.807) is 19.9 Å². The van der Waals surface area contributed by atoms with Gasteiger partial charge in [-0.25, -0.2) is 4.79 Å². The van der Waals surface area contributed by atoms with Crippen LogP contribution < -0.4 is 16.0 Å². The fraction of sp³-hybridized carbons (Fsp3) is 0.588. The third kappa shape index (κ3) is 5.06. The van der Waals surface area contributed by atoms with E-state index in [2.05, 4.69) is 16.0 Å². The van der Waals surface area contributed by atoms with Gasteiger partial charge in [0.1, 0.15) is 0 Å². The van der Waals surface area contributed by atoms with E-state index in [4.69, 9.17) is 4.42 Å². The Morgan fingerprint density at radius 1 is 1.32 bits per heavy atom. The van der Waals surface area contributed by atoms with E-state index >= 15 is 0 Å². The van der Waals surface area contributed by atoms with Gasteiger partial charge in [0.25, 0.3) is 5.91 Å². The molecule has 3 N–H and O–H groups in total. The minimum Gasteiger partial charge on any atom is -0.459 e. The van der Waals surface area contributed by atoms with E-state index in [1.807, 2.05) is 11.8 Å². The van der Waals surface area contributed by atoms with Crippen molar-refractivity contribution in [2.75, 3.05) is 19.6 Å². The van der Waals surface area contributed by atoms with Gasteiger partial charge in [-0.1, -0.05) is 0 Å². The van der Waals surface area contributed by atoms with Crippen molar-refractivity contribution in [3.8, 4) is 0 Å². The number of furan rings is 1. The van der Waals surface area contributed by atoms with Gasteiger partial charge < -0.3 is 15.1 Å². The van der Waals surface area contributed by atoms with E-state index in [1.165, 1.54) is 6.26 Å². The predicted molar refractivity (Wildman–Crippen MR) is 92.2 cm³/mol. The van der Waals surface area contributed by atoms with Crippen LogP contribution in [0, 0.1) is 6.92 Å². The first-order chi connectivity index (χ1) is 11.9. The normalized spacial score (nSPS) is 16.9. The van der Waals surface area contributed by atoms with E-state index in [9.17, 15) is 14.4 Å². The molecule has 1 aromatic heterocycles. The SMILES string of the molecule is CCNC(=O)NC(=O)C(C)N1CCC(NC(=O)c2occc2C)CC1. The maximum Gasteiger partial charge on any atom is 0.321 e. The zero-order valence-corrected chi connectivity index (χ0v) is 14.9. The van der Waals surface area contributed by atoms with Crippen LogP contribution in [0.1, 0.15) is 42.8 Å². The molecule has 138 valence electrons. The molecule has 0 aliphatic carbocycles. The first kappa shape index (κ1) is 19.0. The first-order valence-corrected chi connectivity index (χ1v) is 8.60. The Morgan fingerprint density at radius 2 is 2.00 bits per heavy atom. The third-order valence-corrected chi connectivity index (χ3v) is 4.43. The Bertz CT molecular complexity index is 620. The van der Waals surface area contributed by atoms with Gasteiger partial charge in [0.2, 0.25) is 5.91 Å². The Morgan fingerprint density at radius 3 is 2.56 bits per heavy atom. The van der Waals surface area contributed by atoms with Crippen LogP contribution in [0.2, 0.25) is 0 Å². The van der Waals surface area contributed by atoms with Crippen LogP contribution in [0.3, 0.4) is 0 Å². The van der Waals surface area contributed by atoms with Crippen molar-refractivity contribution in [2.24, 2.45) is 0 Å². The Kier molecular flexibility index (Phi) is 6.58. The molecule has 0 spiro atoms. The molecule has 4 amide bonds. The van der Waals surface area contributed by atoms with Crippen molar-refractivity contribution in [3.05, 3.63) is 23.7 Å². The number of carbonyl (C=O) groups excluding carboxylic acids is 3. The summed E-state index contributed by atoms with van der Waals surface area (Å²) in [6, 6.07) is 0.931.